The molecule has 1 atom stereocenters. The maximum absolute atomic E-state index is 14.3. The Hall–Kier alpha value is -0.790. The van der Waals surface area contributed by atoms with Crippen LogP contribution in [-0.4, -0.2) is 117 Å². The third kappa shape index (κ3) is 7.09. The van der Waals surface area contributed by atoms with Gasteiger partial charge < -0.3 is 14.5 Å². The number of piperidine rings is 2. The molecule has 38 heavy (non-hydrogen) atoms. The first-order chi connectivity index (χ1) is 17.9. The van der Waals surface area contributed by atoms with E-state index in [2.05, 4.69) is 16.8 Å². The molecule has 3 aliphatic heterocycles. The third-order valence-electron chi connectivity index (χ3n) is 7.58. The molecule has 214 valence electrons. The minimum Gasteiger partial charge on any atom is -0.370 e. The summed E-state index contributed by atoms with van der Waals surface area (Å²) in [6, 6.07) is 1.72. The first-order valence-electron chi connectivity index (χ1n) is 12.7. The molecule has 1 aromatic rings. The summed E-state index contributed by atoms with van der Waals surface area (Å²) in [4.78, 5) is 18.9. The monoisotopic (exact) mass is 616 g/mol. The fraction of sp³-hybridized carbons (Fsp3) is 0.708. The molecule has 1 amide bonds. The molecule has 3 aliphatic rings. The number of amides is 1. The summed E-state index contributed by atoms with van der Waals surface area (Å²) >= 11 is 18.2. The Morgan fingerprint density at radius 2 is 1.63 bits per heavy atom. The van der Waals surface area contributed by atoms with Crippen LogP contribution < -0.4 is 0 Å². The number of likely N-dealkylation sites (tertiary alicyclic amines) is 1. The topological polar surface area (TPSA) is 73.4 Å². The molecule has 0 N–H and O–H groups in total. The molecule has 0 aromatic heterocycles. The van der Waals surface area contributed by atoms with E-state index >= 15 is 0 Å². The van der Waals surface area contributed by atoms with Crippen LogP contribution in [0.15, 0.2) is 17.0 Å². The van der Waals surface area contributed by atoms with Crippen molar-refractivity contribution in [3.05, 3.63) is 27.2 Å². The lowest BCUT2D eigenvalue weighted by molar-refractivity contribution is -0.139. The molecular weight excluding hydrogens is 585 g/mol. The Bertz CT molecular complexity index is 1090. The first kappa shape index (κ1) is 30.2. The highest BCUT2D eigenvalue weighted by molar-refractivity contribution is 7.89. The molecule has 0 radical (unpaired) electrons. The van der Waals surface area contributed by atoms with E-state index in [-0.39, 0.29) is 39.1 Å². The van der Waals surface area contributed by atoms with E-state index < -0.39 is 41.4 Å². The maximum Gasteiger partial charge on any atom is 0.251 e. The minimum atomic E-state index is -4.34. The zero-order valence-corrected chi connectivity index (χ0v) is 24.3. The van der Waals surface area contributed by atoms with Gasteiger partial charge in [0.15, 0.2) is 0 Å². The highest BCUT2D eigenvalue weighted by atomic mass is 35.5. The van der Waals surface area contributed by atoms with Gasteiger partial charge >= 0.3 is 0 Å². The lowest BCUT2D eigenvalue weighted by Gasteiger charge is -2.42. The average Bonchev–Trinajstić information content (AvgIpc) is 2.83. The van der Waals surface area contributed by atoms with Gasteiger partial charge in [0.2, 0.25) is 15.9 Å². The molecular formula is C24H33Cl3F2N4O4S. The van der Waals surface area contributed by atoms with E-state index in [0.717, 1.165) is 43.3 Å². The van der Waals surface area contributed by atoms with Crippen LogP contribution in [0.25, 0.3) is 0 Å². The van der Waals surface area contributed by atoms with E-state index in [1.807, 2.05) is 0 Å². The van der Waals surface area contributed by atoms with Gasteiger partial charge in [-0.25, -0.2) is 17.2 Å². The standard InChI is InChI=1S/C24H33Cl3F2N4O4S/c1-30-8-10-31(11-9-30)18-2-5-32(6-3-18)22(34)16-37-15-19-14-24(28,29)4-7-33(19)38(35,36)23-20(26)12-17(25)13-21(23)27/h12-13,18-19H,2-11,14-16H2,1H3/t19-/m0/s1. The summed E-state index contributed by atoms with van der Waals surface area (Å²) < 4.78 is 61.9. The van der Waals surface area contributed by atoms with Crippen molar-refractivity contribution in [2.45, 2.75) is 48.6 Å². The number of carbonyl (C=O) groups is 1. The normalized spacial score (nSPS) is 24.6. The SMILES string of the molecule is CN1CCN(C2CCN(C(=O)COC[C@@H]3CC(F)(F)CCN3S(=O)(=O)c3c(Cl)cc(Cl)cc3Cl)CC2)CC1. The van der Waals surface area contributed by atoms with Crippen LogP contribution in [-0.2, 0) is 19.6 Å². The van der Waals surface area contributed by atoms with Crippen molar-refractivity contribution in [1.82, 2.24) is 19.0 Å². The highest BCUT2D eigenvalue weighted by Gasteiger charge is 2.46. The largest absolute Gasteiger partial charge is 0.370 e. The number of ether oxygens (including phenoxy) is 1. The molecule has 0 spiro atoms. The number of alkyl halides is 2. The zero-order chi connectivity index (χ0) is 27.7. The summed E-state index contributed by atoms with van der Waals surface area (Å²) in [5, 5.41) is -0.251. The summed E-state index contributed by atoms with van der Waals surface area (Å²) in [5.74, 6) is -3.30. The fourth-order valence-corrected chi connectivity index (χ4v) is 8.50. The molecule has 4 rings (SSSR count). The number of likely N-dealkylation sites (N-methyl/N-ethyl adjacent to an activating group) is 1. The van der Waals surface area contributed by atoms with E-state index in [1.165, 1.54) is 12.1 Å². The van der Waals surface area contributed by atoms with Gasteiger partial charge in [0.25, 0.3) is 5.92 Å². The van der Waals surface area contributed by atoms with Crippen LogP contribution >= 0.6 is 34.8 Å². The van der Waals surface area contributed by atoms with Crippen LogP contribution in [0.2, 0.25) is 15.1 Å². The Kier molecular flexibility index (Phi) is 9.83. The number of benzene rings is 1. The third-order valence-corrected chi connectivity index (χ3v) is 10.7. The van der Waals surface area contributed by atoms with Gasteiger partial charge in [0.1, 0.15) is 11.5 Å². The number of rotatable bonds is 7. The van der Waals surface area contributed by atoms with Crippen molar-refractivity contribution >= 4 is 50.7 Å². The number of carbonyl (C=O) groups excluding carboxylic acids is 1. The molecule has 3 saturated heterocycles. The van der Waals surface area contributed by atoms with Crippen LogP contribution in [0.5, 0.6) is 0 Å². The quantitative estimate of drug-likeness (QED) is 0.465. The molecule has 0 saturated carbocycles. The van der Waals surface area contributed by atoms with E-state index in [0.29, 0.717) is 19.1 Å². The highest BCUT2D eigenvalue weighted by Crippen LogP contribution is 2.39. The lowest BCUT2D eigenvalue weighted by Crippen LogP contribution is -2.53. The summed E-state index contributed by atoms with van der Waals surface area (Å²) in [5.41, 5.74) is 0. The van der Waals surface area contributed by atoms with E-state index in [9.17, 15) is 22.0 Å². The second kappa shape index (κ2) is 12.4. The number of hydrogen-bond donors (Lipinski definition) is 0. The maximum atomic E-state index is 14.3. The van der Waals surface area contributed by atoms with E-state index in [4.69, 9.17) is 39.5 Å². The van der Waals surface area contributed by atoms with Gasteiger partial charge in [0, 0.05) is 69.7 Å². The molecule has 3 heterocycles. The van der Waals surface area contributed by atoms with Crippen LogP contribution in [0.1, 0.15) is 25.7 Å². The van der Waals surface area contributed by atoms with Crippen LogP contribution in [0, 0.1) is 0 Å². The molecule has 8 nitrogen and oxygen atoms in total. The van der Waals surface area contributed by atoms with Crippen molar-refractivity contribution in [3.8, 4) is 0 Å². The second-order valence-electron chi connectivity index (χ2n) is 10.2. The second-order valence-corrected chi connectivity index (χ2v) is 13.3. The lowest BCUT2D eigenvalue weighted by atomic mass is 10.0. The van der Waals surface area contributed by atoms with Gasteiger partial charge in [0.05, 0.1) is 22.7 Å². The summed E-state index contributed by atoms with van der Waals surface area (Å²) in [6.45, 7) is 4.23. The molecule has 0 aliphatic carbocycles. The molecule has 0 bridgehead atoms. The average molecular weight is 618 g/mol. The van der Waals surface area contributed by atoms with Crippen molar-refractivity contribution in [1.29, 1.82) is 0 Å². The van der Waals surface area contributed by atoms with E-state index in [1.54, 1.807) is 4.90 Å². The van der Waals surface area contributed by atoms with Gasteiger partial charge in [-0.15, -0.1) is 0 Å². The Balaban J connectivity index is 1.34. The fourth-order valence-electron chi connectivity index (χ4n) is 5.40. The Morgan fingerprint density at radius 1 is 1.03 bits per heavy atom. The van der Waals surface area contributed by atoms with Crippen molar-refractivity contribution in [2.24, 2.45) is 0 Å². The van der Waals surface area contributed by atoms with Gasteiger partial charge in [-0.05, 0) is 32.0 Å². The molecule has 3 fully saturated rings. The van der Waals surface area contributed by atoms with Gasteiger partial charge in [-0.3, -0.25) is 9.69 Å². The summed E-state index contributed by atoms with van der Waals surface area (Å²) in [6.07, 6.45) is 0.365. The Morgan fingerprint density at radius 3 is 2.24 bits per heavy atom. The predicted octanol–water partition coefficient (Wildman–Crippen LogP) is 3.69. The summed E-state index contributed by atoms with van der Waals surface area (Å²) in [7, 11) is -2.22. The minimum absolute atomic E-state index is 0.148. The Labute approximate surface area is 237 Å². The predicted molar refractivity (Wildman–Crippen MR) is 143 cm³/mol. The van der Waals surface area contributed by atoms with Gasteiger partial charge in [-0.1, -0.05) is 34.8 Å². The number of halogens is 5. The molecule has 1 aromatic carbocycles. The zero-order valence-electron chi connectivity index (χ0n) is 21.2. The first-order valence-corrected chi connectivity index (χ1v) is 15.3. The molecule has 0 unspecified atom stereocenters. The smallest absolute Gasteiger partial charge is 0.251 e. The van der Waals surface area contributed by atoms with Crippen LogP contribution in [0.4, 0.5) is 8.78 Å². The van der Waals surface area contributed by atoms with Crippen molar-refractivity contribution in [3.63, 3.8) is 0 Å². The van der Waals surface area contributed by atoms with Crippen molar-refractivity contribution in [2.75, 3.05) is 66.1 Å². The molecule has 14 heteroatoms. The number of hydrogen-bond acceptors (Lipinski definition) is 6. The number of piperazine rings is 1. The number of nitrogens with zero attached hydrogens (tertiary/aromatic N) is 4. The van der Waals surface area contributed by atoms with Crippen molar-refractivity contribution < 1.29 is 26.7 Å². The van der Waals surface area contributed by atoms with Gasteiger partial charge in [-0.2, -0.15) is 4.31 Å². The number of sulfonamides is 1. The van der Waals surface area contributed by atoms with Crippen LogP contribution in [0.3, 0.4) is 0 Å².